The Kier molecular flexibility index (Phi) is 6.32. The number of hydrogen-bond donors (Lipinski definition) is 2. The van der Waals surface area contributed by atoms with Gasteiger partial charge in [0.25, 0.3) is 11.8 Å². The second-order valence-electron chi connectivity index (χ2n) is 6.20. The van der Waals surface area contributed by atoms with Gasteiger partial charge in [-0.25, -0.2) is 0 Å². The van der Waals surface area contributed by atoms with Crippen LogP contribution in [-0.4, -0.2) is 22.8 Å². The largest absolute Gasteiger partial charge is 0.427 e. The average molecular weight is 389 g/mol. The summed E-state index contributed by atoms with van der Waals surface area (Å²) in [5.74, 6) is -0.705. The van der Waals surface area contributed by atoms with Crippen molar-refractivity contribution in [2.24, 2.45) is 0 Å². The van der Waals surface area contributed by atoms with E-state index in [4.69, 9.17) is 4.74 Å². The molecule has 7 heteroatoms. The lowest BCUT2D eigenvalue weighted by Crippen LogP contribution is -2.23. The zero-order chi connectivity index (χ0) is 20.6. The predicted octanol–water partition coefficient (Wildman–Crippen LogP) is 3.19. The van der Waals surface area contributed by atoms with E-state index in [9.17, 15) is 14.4 Å². The summed E-state index contributed by atoms with van der Waals surface area (Å²) < 4.78 is 4.99. The molecule has 0 aliphatic rings. The van der Waals surface area contributed by atoms with E-state index in [1.807, 2.05) is 6.07 Å². The van der Waals surface area contributed by atoms with Gasteiger partial charge in [0.05, 0.1) is 5.56 Å². The first-order valence-electron chi connectivity index (χ1n) is 8.88. The van der Waals surface area contributed by atoms with Crippen LogP contribution in [0.2, 0.25) is 0 Å². The van der Waals surface area contributed by atoms with Crippen molar-refractivity contribution >= 4 is 23.5 Å². The number of nitrogens with zero attached hydrogens (tertiary/aromatic N) is 1. The maximum absolute atomic E-state index is 12.4. The molecule has 0 aliphatic heterocycles. The maximum Gasteiger partial charge on any atom is 0.308 e. The number of aromatic nitrogens is 1. The highest BCUT2D eigenvalue weighted by molar-refractivity contribution is 6.04. The third-order valence-electron chi connectivity index (χ3n) is 3.92. The van der Waals surface area contributed by atoms with Gasteiger partial charge in [-0.15, -0.1) is 0 Å². The van der Waals surface area contributed by atoms with E-state index in [0.29, 0.717) is 22.6 Å². The van der Waals surface area contributed by atoms with E-state index in [-0.39, 0.29) is 18.4 Å². The van der Waals surface area contributed by atoms with Crippen LogP contribution in [0.1, 0.15) is 33.2 Å². The summed E-state index contributed by atoms with van der Waals surface area (Å²) in [6.07, 6.45) is 3.09. The average Bonchev–Trinajstić information content (AvgIpc) is 2.72. The van der Waals surface area contributed by atoms with Crippen LogP contribution in [0.15, 0.2) is 73.1 Å². The first-order valence-corrected chi connectivity index (χ1v) is 8.88. The number of ether oxygens (including phenoxy) is 1. The Morgan fingerprint density at radius 1 is 0.931 bits per heavy atom. The lowest BCUT2D eigenvalue weighted by Gasteiger charge is -2.09. The predicted molar refractivity (Wildman–Crippen MR) is 108 cm³/mol. The second-order valence-corrected chi connectivity index (χ2v) is 6.20. The van der Waals surface area contributed by atoms with Crippen LogP contribution in [0.5, 0.6) is 5.75 Å². The maximum atomic E-state index is 12.4. The summed E-state index contributed by atoms with van der Waals surface area (Å²) in [5.41, 5.74) is 2.27. The minimum Gasteiger partial charge on any atom is -0.427 e. The molecule has 1 heterocycles. The highest BCUT2D eigenvalue weighted by Gasteiger charge is 2.09. The second kappa shape index (κ2) is 9.27. The van der Waals surface area contributed by atoms with Gasteiger partial charge in [0.15, 0.2) is 0 Å². The zero-order valence-corrected chi connectivity index (χ0v) is 15.7. The van der Waals surface area contributed by atoms with Crippen LogP contribution in [0.4, 0.5) is 5.69 Å². The van der Waals surface area contributed by atoms with Crippen LogP contribution in [-0.2, 0) is 11.3 Å². The van der Waals surface area contributed by atoms with E-state index < -0.39 is 5.97 Å². The molecule has 0 unspecified atom stereocenters. The zero-order valence-electron chi connectivity index (χ0n) is 15.7. The van der Waals surface area contributed by atoms with E-state index >= 15 is 0 Å². The molecule has 29 heavy (non-hydrogen) atoms. The van der Waals surface area contributed by atoms with Gasteiger partial charge in [0, 0.05) is 37.1 Å². The number of pyridine rings is 1. The van der Waals surface area contributed by atoms with Crippen molar-refractivity contribution < 1.29 is 19.1 Å². The third-order valence-corrected chi connectivity index (χ3v) is 3.92. The Bertz CT molecular complexity index is 1030. The summed E-state index contributed by atoms with van der Waals surface area (Å²) in [5, 5.41) is 5.61. The van der Waals surface area contributed by atoms with Gasteiger partial charge in [-0.1, -0.05) is 18.2 Å². The number of benzene rings is 2. The molecule has 146 valence electrons. The smallest absolute Gasteiger partial charge is 0.308 e. The van der Waals surface area contributed by atoms with Crippen LogP contribution >= 0.6 is 0 Å². The van der Waals surface area contributed by atoms with Crippen LogP contribution in [0.25, 0.3) is 0 Å². The molecule has 0 fully saturated rings. The molecule has 0 spiro atoms. The molecule has 0 aliphatic carbocycles. The number of rotatable bonds is 6. The van der Waals surface area contributed by atoms with Crippen molar-refractivity contribution in [2.45, 2.75) is 13.5 Å². The van der Waals surface area contributed by atoms with Gasteiger partial charge in [-0.3, -0.25) is 19.4 Å². The van der Waals surface area contributed by atoms with Crippen molar-refractivity contribution in [3.63, 3.8) is 0 Å². The van der Waals surface area contributed by atoms with Crippen LogP contribution in [0, 0.1) is 0 Å². The topological polar surface area (TPSA) is 97.4 Å². The fourth-order valence-electron chi connectivity index (χ4n) is 2.61. The fourth-order valence-corrected chi connectivity index (χ4v) is 2.61. The van der Waals surface area contributed by atoms with Gasteiger partial charge in [0.1, 0.15) is 5.75 Å². The Labute approximate surface area is 167 Å². The van der Waals surface area contributed by atoms with Gasteiger partial charge >= 0.3 is 5.97 Å². The number of carbonyl (C=O) groups is 3. The monoisotopic (exact) mass is 389 g/mol. The molecule has 1 aromatic heterocycles. The molecule has 0 saturated heterocycles. The Morgan fingerprint density at radius 3 is 2.48 bits per heavy atom. The van der Waals surface area contributed by atoms with Crippen molar-refractivity contribution in [1.82, 2.24) is 10.3 Å². The molecule has 3 aromatic rings. The van der Waals surface area contributed by atoms with Gasteiger partial charge < -0.3 is 15.4 Å². The van der Waals surface area contributed by atoms with Crippen molar-refractivity contribution in [3.05, 3.63) is 89.7 Å². The molecule has 0 bridgehead atoms. The normalized spacial score (nSPS) is 10.1. The Hall–Kier alpha value is -4.00. The summed E-state index contributed by atoms with van der Waals surface area (Å²) in [7, 11) is 0. The lowest BCUT2D eigenvalue weighted by atomic mass is 10.1. The molecule has 0 radical (unpaired) electrons. The van der Waals surface area contributed by atoms with E-state index in [1.54, 1.807) is 54.7 Å². The van der Waals surface area contributed by atoms with Gasteiger partial charge in [-0.2, -0.15) is 0 Å². The first-order chi connectivity index (χ1) is 14.0. The van der Waals surface area contributed by atoms with E-state index in [0.717, 1.165) is 5.56 Å². The summed E-state index contributed by atoms with van der Waals surface area (Å²) >= 11 is 0. The fraction of sp³-hybridized carbons (Fsp3) is 0.0909. The SMILES string of the molecule is CC(=O)Oc1cccc(C(=O)NCc2cccc(NC(=O)c3cccnc3)c2)c1. The Balaban J connectivity index is 1.61. The van der Waals surface area contributed by atoms with E-state index in [1.165, 1.54) is 19.2 Å². The van der Waals surface area contributed by atoms with Gasteiger partial charge in [-0.05, 0) is 48.0 Å². The Morgan fingerprint density at radius 2 is 1.72 bits per heavy atom. The molecule has 3 rings (SSSR count). The minimum absolute atomic E-state index is 0.262. The van der Waals surface area contributed by atoms with Crippen molar-refractivity contribution in [2.75, 3.05) is 5.32 Å². The van der Waals surface area contributed by atoms with Crippen molar-refractivity contribution in [3.8, 4) is 5.75 Å². The van der Waals surface area contributed by atoms with Crippen LogP contribution in [0.3, 0.4) is 0 Å². The highest BCUT2D eigenvalue weighted by Crippen LogP contribution is 2.15. The molecule has 7 nitrogen and oxygen atoms in total. The molecular formula is C22H19N3O4. The van der Waals surface area contributed by atoms with Crippen LogP contribution < -0.4 is 15.4 Å². The number of carbonyl (C=O) groups excluding carboxylic acids is 3. The number of esters is 1. The molecule has 2 amide bonds. The minimum atomic E-state index is -0.451. The first kappa shape index (κ1) is 19.8. The molecule has 0 saturated carbocycles. The van der Waals surface area contributed by atoms with Gasteiger partial charge in [0.2, 0.25) is 0 Å². The third kappa shape index (κ3) is 5.74. The molecule has 0 atom stereocenters. The molecular weight excluding hydrogens is 370 g/mol. The number of anilines is 1. The number of nitrogens with one attached hydrogen (secondary N) is 2. The molecule has 2 N–H and O–H groups in total. The number of amides is 2. The summed E-state index contributed by atoms with van der Waals surface area (Å²) in [6.45, 7) is 1.57. The van der Waals surface area contributed by atoms with E-state index in [2.05, 4.69) is 15.6 Å². The van der Waals surface area contributed by atoms with Crippen molar-refractivity contribution in [1.29, 1.82) is 0 Å². The highest BCUT2D eigenvalue weighted by atomic mass is 16.5. The quantitative estimate of drug-likeness (QED) is 0.498. The standard InChI is InChI=1S/C22H19N3O4/c1-15(26)29-20-9-3-6-17(12-20)21(27)24-13-16-5-2-8-19(11-16)25-22(28)18-7-4-10-23-14-18/h2-12,14H,13H2,1H3,(H,24,27)(H,25,28). The lowest BCUT2D eigenvalue weighted by molar-refractivity contribution is -0.131. The summed E-state index contributed by atoms with van der Waals surface area (Å²) in [4.78, 5) is 39.6. The molecule has 2 aromatic carbocycles. The number of hydrogen-bond acceptors (Lipinski definition) is 5. The summed E-state index contributed by atoms with van der Waals surface area (Å²) in [6, 6.07) is 16.9.